The molecule has 0 aromatic rings. The fraction of sp³-hybridized carbons (Fsp3) is 1.00. The Morgan fingerprint density at radius 3 is 2.00 bits per heavy atom. The van der Waals surface area contributed by atoms with Gasteiger partial charge in [0.25, 0.3) is 0 Å². The van der Waals surface area contributed by atoms with Crippen molar-refractivity contribution >= 4 is 11.8 Å². The van der Waals surface area contributed by atoms with Crippen LogP contribution in [0.25, 0.3) is 0 Å². The van der Waals surface area contributed by atoms with Crippen LogP contribution in [0.1, 0.15) is 40.5 Å². The lowest BCUT2D eigenvalue weighted by atomic mass is 9.97. The van der Waals surface area contributed by atoms with Gasteiger partial charge in [-0.3, -0.25) is 0 Å². The topological polar surface area (TPSA) is 0 Å². The van der Waals surface area contributed by atoms with E-state index < -0.39 is 0 Å². The van der Waals surface area contributed by atoms with Crippen molar-refractivity contribution in [1.82, 2.24) is 0 Å². The lowest BCUT2D eigenvalue weighted by Gasteiger charge is -2.21. The fourth-order valence-electron chi connectivity index (χ4n) is 1.20. The van der Waals surface area contributed by atoms with Gasteiger partial charge in [0.15, 0.2) is 0 Å². The molecule has 0 radical (unpaired) electrons. The lowest BCUT2D eigenvalue weighted by molar-refractivity contribution is 0.453. The molecule has 0 amide bonds. The molecule has 0 aliphatic heterocycles. The van der Waals surface area contributed by atoms with Crippen molar-refractivity contribution in [3.63, 3.8) is 0 Å². The molecule has 0 N–H and O–H groups in total. The molecule has 0 aromatic carbocycles. The van der Waals surface area contributed by atoms with E-state index in [2.05, 4.69) is 34.0 Å². The maximum Gasteiger partial charge on any atom is 0.00698 e. The van der Waals surface area contributed by atoms with Crippen LogP contribution in [0.4, 0.5) is 0 Å². The standard InChI is InChI=1S/C10H22S/c1-6-9(4)7-10(11-5)8(2)3/h8-10H,6-7H2,1-5H3. The zero-order valence-corrected chi connectivity index (χ0v) is 9.37. The van der Waals surface area contributed by atoms with Crippen LogP contribution in [-0.2, 0) is 0 Å². The highest BCUT2D eigenvalue weighted by Crippen LogP contribution is 2.25. The van der Waals surface area contributed by atoms with E-state index in [0.717, 1.165) is 17.1 Å². The van der Waals surface area contributed by atoms with Crippen LogP contribution < -0.4 is 0 Å². The summed E-state index contributed by atoms with van der Waals surface area (Å²) in [5.74, 6) is 1.73. The molecule has 1 heteroatoms. The van der Waals surface area contributed by atoms with Crippen molar-refractivity contribution in [2.45, 2.75) is 45.8 Å². The Balaban J connectivity index is 3.68. The van der Waals surface area contributed by atoms with Crippen molar-refractivity contribution in [3.8, 4) is 0 Å². The monoisotopic (exact) mass is 174 g/mol. The summed E-state index contributed by atoms with van der Waals surface area (Å²) in [6.07, 6.45) is 4.94. The summed E-state index contributed by atoms with van der Waals surface area (Å²) in [5, 5.41) is 0.866. The van der Waals surface area contributed by atoms with Crippen molar-refractivity contribution in [3.05, 3.63) is 0 Å². The highest BCUT2D eigenvalue weighted by molar-refractivity contribution is 7.99. The van der Waals surface area contributed by atoms with Crippen molar-refractivity contribution in [2.24, 2.45) is 11.8 Å². The Hall–Kier alpha value is 0.350. The predicted octanol–water partition coefficient (Wildman–Crippen LogP) is 3.81. The average Bonchev–Trinajstić information content (AvgIpc) is 1.99. The number of hydrogen-bond acceptors (Lipinski definition) is 1. The molecule has 0 bridgehead atoms. The van der Waals surface area contributed by atoms with E-state index in [1.165, 1.54) is 12.8 Å². The van der Waals surface area contributed by atoms with Crippen LogP contribution >= 0.6 is 11.8 Å². The van der Waals surface area contributed by atoms with E-state index in [9.17, 15) is 0 Å². The summed E-state index contributed by atoms with van der Waals surface area (Å²) in [7, 11) is 0. The van der Waals surface area contributed by atoms with Gasteiger partial charge >= 0.3 is 0 Å². The Morgan fingerprint density at radius 1 is 1.18 bits per heavy atom. The normalized spacial score (nSPS) is 16.9. The zero-order valence-electron chi connectivity index (χ0n) is 8.55. The lowest BCUT2D eigenvalue weighted by Crippen LogP contribution is -2.14. The molecule has 11 heavy (non-hydrogen) atoms. The van der Waals surface area contributed by atoms with Crippen molar-refractivity contribution in [1.29, 1.82) is 0 Å². The Kier molecular flexibility index (Phi) is 6.12. The summed E-state index contributed by atoms with van der Waals surface area (Å²) in [5.41, 5.74) is 0. The summed E-state index contributed by atoms with van der Waals surface area (Å²) in [6.45, 7) is 9.28. The highest BCUT2D eigenvalue weighted by Gasteiger charge is 2.14. The van der Waals surface area contributed by atoms with E-state index in [4.69, 9.17) is 0 Å². The molecule has 0 spiro atoms. The second-order valence-electron chi connectivity index (χ2n) is 3.77. The molecule has 2 unspecified atom stereocenters. The summed E-state index contributed by atoms with van der Waals surface area (Å²) in [4.78, 5) is 0. The molecule has 68 valence electrons. The third kappa shape index (κ3) is 4.73. The highest BCUT2D eigenvalue weighted by atomic mass is 32.2. The van der Waals surface area contributed by atoms with Gasteiger partial charge in [0, 0.05) is 5.25 Å². The first kappa shape index (κ1) is 11.4. The van der Waals surface area contributed by atoms with Crippen LogP contribution in [0, 0.1) is 11.8 Å². The maximum absolute atomic E-state index is 2.35. The van der Waals surface area contributed by atoms with Gasteiger partial charge in [0.1, 0.15) is 0 Å². The largest absolute Gasteiger partial charge is 0.162 e. The van der Waals surface area contributed by atoms with E-state index in [0.29, 0.717) is 0 Å². The molecular weight excluding hydrogens is 152 g/mol. The number of thioether (sulfide) groups is 1. The minimum atomic E-state index is 0.832. The predicted molar refractivity (Wildman–Crippen MR) is 56.2 cm³/mol. The van der Waals surface area contributed by atoms with Crippen LogP contribution in [-0.4, -0.2) is 11.5 Å². The zero-order chi connectivity index (χ0) is 8.85. The molecule has 0 aromatic heterocycles. The molecule has 0 nitrogen and oxygen atoms in total. The van der Waals surface area contributed by atoms with Gasteiger partial charge in [-0.05, 0) is 24.5 Å². The van der Waals surface area contributed by atoms with Gasteiger partial charge in [-0.1, -0.05) is 34.1 Å². The van der Waals surface area contributed by atoms with Gasteiger partial charge in [0.05, 0.1) is 0 Å². The third-order valence-electron chi connectivity index (χ3n) is 2.38. The Morgan fingerprint density at radius 2 is 1.73 bits per heavy atom. The van der Waals surface area contributed by atoms with Crippen LogP contribution in [0.3, 0.4) is 0 Å². The molecular formula is C10H22S. The second kappa shape index (κ2) is 5.93. The second-order valence-corrected chi connectivity index (χ2v) is 4.84. The van der Waals surface area contributed by atoms with Crippen LogP contribution in [0.15, 0.2) is 0 Å². The summed E-state index contributed by atoms with van der Waals surface area (Å²) < 4.78 is 0. The number of hydrogen-bond donors (Lipinski definition) is 0. The molecule has 0 fully saturated rings. The van der Waals surface area contributed by atoms with Crippen molar-refractivity contribution in [2.75, 3.05) is 6.26 Å². The Bertz CT molecular complexity index is 88.9. The van der Waals surface area contributed by atoms with Gasteiger partial charge in [-0.2, -0.15) is 11.8 Å². The van der Waals surface area contributed by atoms with E-state index in [1.807, 2.05) is 11.8 Å². The minimum Gasteiger partial charge on any atom is -0.162 e. The van der Waals surface area contributed by atoms with Gasteiger partial charge in [-0.25, -0.2) is 0 Å². The molecule has 0 aliphatic carbocycles. The third-order valence-corrected chi connectivity index (χ3v) is 3.72. The fourth-order valence-corrected chi connectivity index (χ4v) is 2.27. The average molecular weight is 174 g/mol. The molecule has 0 aliphatic rings. The first-order chi connectivity index (χ1) is 5.11. The van der Waals surface area contributed by atoms with E-state index >= 15 is 0 Å². The molecule has 0 saturated carbocycles. The maximum atomic E-state index is 2.35. The first-order valence-electron chi connectivity index (χ1n) is 4.64. The van der Waals surface area contributed by atoms with Crippen LogP contribution in [0.2, 0.25) is 0 Å². The molecule has 2 atom stereocenters. The van der Waals surface area contributed by atoms with Crippen molar-refractivity contribution < 1.29 is 0 Å². The number of rotatable bonds is 5. The van der Waals surface area contributed by atoms with Gasteiger partial charge < -0.3 is 0 Å². The van der Waals surface area contributed by atoms with Crippen LogP contribution in [0.5, 0.6) is 0 Å². The summed E-state index contributed by atoms with van der Waals surface area (Å²) in [6, 6.07) is 0. The minimum absolute atomic E-state index is 0.832. The first-order valence-corrected chi connectivity index (χ1v) is 5.93. The van der Waals surface area contributed by atoms with E-state index in [-0.39, 0.29) is 0 Å². The van der Waals surface area contributed by atoms with E-state index in [1.54, 1.807) is 0 Å². The SMILES string of the molecule is CCC(C)CC(SC)C(C)C. The molecule has 0 saturated heterocycles. The summed E-state index contributed by atoms with van der Waals surface area (Å²) >= 11 is 2.02. The Labute approximate surface area is 76.1 Å². The van der Waals surface area contributed by atoms with Gasteiger partial charge in [-0.15, -0.1) is 0 Å². The quantitative estimate of drug-likeness (QED) is 0.611. The van der Waals surface area contributed by atoms with Gasteiger partial charge in [0.2, 0.25) is 0 Å². The smallest absolute Gasteiger partial charge is 0.00698 e. The molecule has 0 heterocycles. The molecule has 0 rings (SSSR count).